The molecule has 0 saturated heterocycles. The van der Waals surface area contributed by atoms with Gasteiger partial charge < -0.3 is 14.2 Å². The van der Waals surface area contributed by atoms with Crippen LogP contribution in [0, 0.1) is 0 Å². The monoisotopic (exact) mass is 368 g/mol. The molecule has 1 aliphatic rings. The summed E-state index contributed by atoms with van der Waals surface area (Å²) in [5, 5.41) is 5.10. The Labute approximate surface area is 154 Å². The lowest BCUT2D eigenvalue weighted by Crippen LogP contribution is -2.22. The van der Waals surface area contributed by atoms with Gasteiger partial charge in [0, 0.05) is 5.38 Å². The first-order valence-electron chi connectivity index (χ1n) is 8.09. The van der Waals surface area contributed by atoms with Crippen molar-refractivity contribution in [1.29, 1.82) is 0 Å². The van der Waals surface area contributed by atoms with Crippen molar-refractivity contribution in [3.05, 3.63) is 65.7 Å². The van der Waals surface area contributed by atoms with Crippen LogP contribution in [-0.4, -0.2) is 24.1 Å². The maximum Gasteiger partial charge on any atom is 0.264 e. The normalized spacial score (nSPS) is 15.3. The van der Waals surface area contributed by atoms with Crippen molar-refractivity contribution in [1.82, 2.24) is 4.98 Å². The van der Waals surface area contributed by atoms with Gasteiger partial charge in [0.25, 0.3) is 5.91 Å². The van der Waals surface area contributed by atoms with Gasteiger partial charge in [-0.15, -0.1) is 11.3 Å². The summed E-state index contributed by atoms with van der Waals surface area (Å²) < 4.78 is 17.0. The summed E-state index contributed by atoms with van der Waals surface area (Å²) in [6.45, 7) is 0.306. The Morgan fingerprint density at radius 2 is 1.92 bits per heavy atom. The average molecular weight is 368 g/mol. The summed E-state index contributed by atoms with van der Waals surface area (Å²) in [5.74, 6) is 1.80. The van der Waals surface area contributed by atoms with E-state index in [0.717, 1.165) is 11.4 Å². The number of rotatable bonds is 5. The molecule has 2 heterocycles. The molecule has 0 aliphatic carbocycles. The van der Waals surface area contributed by atoms with Crippen molar-refractivity contribution in [2.45, 2.75) is 6.10 Å². The minimum atomic E-state index is -0.299. The van der Waals surface area contributed by atoms with Crippen LogP contribution in [0.2, 0.25) is 0 Å². The van der Waals surface area contributed by atoms with E-state index in [4.69, 9.17) is 14.2 Å². The Hall–Kier alpha value is -3.06. The molecule has 6 nitrogen and oxygen atoms in total. The van der Waals surface area contributed by atoms with Crippen molar-refractivity contribution in [3.63, 3.8) is 0 Å². The Morgan fingerprint density at radius 3 is 2.77 bits per heavy atom. The third-order valence-electron chi connectivity index (χ3n) is 3.72. The van der Waals surface area contributed by atoms with Crippen molar-refractivity contribution in [2.24, 2.45) is 0 Å². The van der Waals surface area contributed by atoms with Gasteiger partial charge >= 0.3 is 0 Å². The van der Waals surface area contributed by atoms with E-state index in [1.54, 1.807) is 12.1 Å². The van der Waals surface area contributed by atoms with Crippen molar-refractivity contribution in [3.8, 4) is 17.2 Å². The number of anilines is 1. The molecule has 1 aromatic heterocycles. The number of carbonyl (C=O) groups is 1. The predicted molar refractivity (Wildman–Crippen MR) is 98.0 cm³/mol. The molecule has 0 saturated carbocycles. The van der Waals surface area contributed by atoms with Gasteiger partial charge in [-0.2, -0.15) is 0 Å². The first-order valence-corrected chi connectivity index (χ1v) is 8.97. The number of hydrogen-bond donors (Lipinski definition) is 1. The number of aromatic nitrogens is 1. The van der Waals surface area contributed by atoms with Crippen LogP contribution in [0.3, 0.4) is 0 Å². The Kier molecular flexibility index (Phi) is 4.70. The second-order valence-corrected chi connectivity index (χ2v) is 6.45. The summed E-state index contributed by atoms with van der Waals surface area (Å²) in [5.41, 5.74) is 0.726. The second-order valence-electron chi connectivity index (χ2n) is 5.59. The maximum absolute atomic E-state index is 12.0. The number of thiazole rings is 1. The van der Waals surface area contributed by atoms with Gasteiger partial charge in [-0.25, -0.2) is 4.98 Å². The van der Waals surface area contributed by atoms with Crippen LogP contribution in [-0.2, 0) is 4.79 Å². The SMILES string of the molecule is O=C(COc1ccccc1)Nc1nc([C@H]2COc3ccccc3O2)cs1. The zero-order valence-electron chi connectivity index (χ0n) is 13.8. The predicted octanol–water partition coefficient (Wildman–Crippen LogP) is 3.67. The van der Waals surface area contributed by atoms with E-state index in [0.29, 0.717) is 23.2 Å². The molecule has 0 bridgehead atoms. The van der Waals surface area contributed by atoms with Gasteiger partial charge in [0.2, 0.25) is 0 Å². The van der Waals surface area contributed by atoms with Gasteiger partial charge in [-0.1, -0.05) is 30.3 Å². The van der Waals surface area contributed by atoms with Crippen LogP contribution < -0.4 is 19.5 Å². The molecule has 132 valence electrons. The van der Waals surface area contributed by atoms with Gasteiger partial charge in [0.15, 0.2) is 29.3 Å². The molecule has 4 rings (SSSR count). The lowest BCUT2D eigenvalue weighted by Gasteiger charge is -2.25. The Balaban J connectivity index is 1.34. The van der Waals surface area contributed by atoms with E-state index in [9.17, 15) is 4.79 Å². The van der Waals surface area contributed by atoms with Gasteiger partial charge in [-0.05, 0) is 24.3 Å². The number of nitrogens with zero attached hydrogens (tertiary/aromatic N) is 1. The number of para-hydroxylation sites is 3. The largest absolute Gasteiger partial charge is 0.485 e. The summed E-state index contributed by atoms with van der Waals surface area (Å²) in [7, 11) is 0. The van der Waals surface area contributed by atoms with Crippen LogP contribution in [0.25, 0.3) is 0 Å². The zero-order chi connectivity index (χ0) is 17.8. The number of fused-ring (bicyclic) bond motifs is 1. The quantitative estimate of drug-likeness (QED) is 0.744. The number of benzene rings is 2. The van der Waals surface area contributed by atoms with Crippen LogP contribution in [0.1, 0.15) is 11.8 Å². The number of hydrogen-bond acceptors (Lipinski definition) is 6. The molecule has 0 fully saturated rings. The fourth-order valence-electron chi connectivity index (χ4n) is 2.48. The Morgan fingerprint density at radius 1 is 1.15 bits per heavy atom. The van der Waals surface area contributed by atoms with Gasteiger partial charge in [-0.3, -0.25) is 10.1 Å². The highest BCUT2D eigenvalue weighted by atomic mass is 32.1. The van der Waals surface area contributed by atoms with Crippen LogP contribution in [0.15, 0.2) is 60.0 Å². The topological polar surface area (TPSA) is 69.7 Å². The molecule has 1 amide bonds. The number of carbonyl (C=O) groups excluding carboxylic acids is 1. The zero-order valence-corrected chi connectivity index (χ0v) is 14.6. The molecule has 1 aliphatic heterocycles. The van der Waals surface area contributed by atoms with E-state index in [2.05, 4.69) is 10.3 Å². The van der Waals surface area contributed by atoms with Crippen LogP contribution in [0.4, 0.5) is 5.13 Å². The van der Waals surface area contributed by atoms with Crippen molar-refractivity contribution < 1.29 is 19.0 Å². The average Bonchev–Trinajstić information content (AvgIpc) is 3.15. The summed E-state index contributed by atoms with van der Waals surface area (Å²) >= 11 is 1.34. The van der Waals surface area contributed by atoms with E-state index in [1.165, 1.54) is 11.3 Å². The standard InChI is InChI=1S/C19H16N2O4S/c22-18(11-23-13-6-2-1-3-7-13)21-19-20-14(12-26-19)17-10-24-15-8-4-5-9-16(15)25-17/h1-9,12,17H,10-11H2,(H,20,21,22)/t17-/m1/s1. The fraction of sp³-hybridized carbons (Fsp3) is 0.158. The van der Waals surface area contributed by atoms with Crippen molar-refractivity contribution in [2.75, 3.05) is 18.5 Å². The highest BCUT2D eigenvalue weighted by molar-refractivity contribution is 7.13. The van der Waals surface area contributed by atoms with Crippen LogP contribution in [0.5, 0.6) is 17.2 Å². The van der Waals surface area contributed by atoms with Gasteiger partial charge in [0.05, 0.1) is 5.69 Å². The third-order valence-corrected chi connectivity index (χ3v) is 4.50. The summed E-state index contributed by atoms with van der Waals surface area (Å²) in [6, 6.07) is 16.7. The summed E-state index contributed by atoms with van der Waals surface area (Å²) in [6.07, 6.45) is -0.299. The molecule has 2 aromatic carbocycles. The highest BCUT2D eigenvalue weighted by Crippen LogP contribution is 2.36. The highest BCUT2D eigenvalue weighted by Gasteiger charge is 2.24. The molecule has 3 aromatic rings. The first kappa shape index (κ1) is 16.4. The number of nitrogens with one attached hydrogen (secondary N) is 1. The van der Waals surface area contributed by atoms with E-state index >= 15 is 0 Å². The molecule has 0 spiro atoms. The summed E-state index contributed by atoms with van der Waals surface area (Å²) in [4.78, 5) is 16.4. The molecule has 7 heteroatoms. The molecule has 1 N–H and O–H groups in total. The number of ether oxygens (including phenoxy) is 3. The molecular formula is C19H16N2O4S. The van der Waals surface area contributed by atoms with Crippen molar-refractivity contribution >= 4 is 22.4 Å². The maximum atomic E-state index is 12.0. The van der Waals surface area contributed by atoms with E-state index < -0.39 is 0 Å². The minimum Gasteiger partial charge on any atom is -0.485 e. The molecular weight excluding hydrogens is 352 g/mol. The van der Waals surface area contributed by atoms with Crippen LogP contribution >= 0.6 is 11.3 Å². The molecule has 1 atom stereocenters. The minimum absolute atomic E-state index is 0.0741. The van der Waals surface area contributed by atoms with Gasteiger partial charge in [0.1, 0.15) is 12.4 Å². The van der Waals surface area contributed by atoms with E-state index in [-0.39, 0.29) is 18.6 Å². The lowest BCUT2D eigenvalue weighted by molar-refractivity contribution is -0.118. The first-order chi connectivity index (χ1) is 12.8. The molecule has 0 unspecified atom stereocenters. The number of amides is 1. The third kappa shape index (κ3) is 3.78. The lowest BCUT2D eigenvalue weighted by atomic mass is 10.2. The van der Waals surface area contributed by atoms with E-state index in [1.807, 2.05) is 47.8 Å². The molecule has 26 heavy (non-hydrogen) atoms. The smallest absolute Gasteiger partial charge is 0.264 e. The molecule has 0 radical (unpaired) electrons. The second kappa shape index (κ2) is 7.45. The fourth-order valence-corrected chi connectivity index (χ4v) is 3.25. The Bertz CT molecular complexity index is 897.